The van der Waals surface area contributed by atoms with Crippen LogP contribution in [0.1, 0.15) is 50.1 Å². The highest BCUT2D eigenvalue weighted by molar-refractivity contribution is 5.66. The predicted molar refractivity (Wildman–Crippen MR) is 82.6 cm³/mol. The molecule has 0 bridgehead atoms. The summed E-state index contributed by atoms with van der Waals surface area (Å²) in [6.45, 7) is 1.93. The fraction of sp³-hybridized carbons (Fsp3) is 0.588. The molecule has 1 fully saturated rings. The number of ether oxygens (including phenoxy) is 1. The van der Waals surface area contributed by atoms with E-state index in [4.69, 9.17) is 9.84 Å². The van der Waals surface area contributed by atoms with Gasteiger partial charge in [0.25, 0.3) is 0 Å². The molecule has 1 aromatic rings. The molecular formula is C17H25NO3. The van der Waals surface area contributed by atoms with Gasteiger partial charge in [-0.15, -0.1) is 0 Å². The lowest BCUT2D eigenvalue weighted by Crippen LogP contribution is -2.30. The summed E-state index contributed by atoms with van der Waals surface area (Å²) < 4.78 is 5.22. The highest BCUT2D eigenvalue weighted by Gasteiger charge is 2.22. The van der Waals surface area contributed by atoms with E-state index in [0.717, 1.165) is 31.7 Å². The minimum absolute atomic E-state index is 0.256. The molecule has 4 heteroatoms. The second-order valence-electron chi connectivity index (χ2n) is 5.67. The molecule has 1 aliphatic heterocycles. The molecule has 2 rings (SSSR count). The Balaban J connectivity index is 2.04. The molecule has 1 N–H and O–H groups in total. The van der Waals surface area contributed by atoms with Crippen LogP contribution in [-0.4, -0.2) is 36.2 Å². The number of methoxy groups -OCH3 is 1. The maximum atomic E-state index is 10.7. The molecule has 0 radical (unpaired) electrons. The Morgan fingerprint density at radius 3 is 2.71 bits per heavy atom. The molecule has 0 unspecified atom stereocenters. The van der Waals surface area contributed by atoms with E-state index >= 15 is 0 Å². The summed E-state index contributed by atoms with van der Waals surface area (Å²) >= 11 is 0. The van der Waals surface area contributed by atoms with Crippen molar-refractivity contribution in [3.63, 3.8) is 0 Å². The first-order valence-corrected chi connectivity index (χ1v) is 7.80. The smallest absolute Gasteiger partial charge is 0.303 e. The second-order valence-corrected chi connectivity index (χ2v) is 5.67. The van der Waals surface area contributed by atoms with Gasteiger partial charge in [-0.1, -0.05) is 25.0 Å². The van der Waals surface area contributed by atoms with Gasteiger partial charge in [0.1, 0.15) is 5.75 Å². The van der Waals surface area contributed by atoms with Gasteiger partial charge in [-0.05, 0) is 50.0 Å². The van der Waals surface area contributed by atoms with Gasteiger partial charge in [0, 0.05) is 12.5 Å². The first kappa shape index (κ1) is 15.8. The zero-order valence-corrected chi connectivity index (χ0v) is 12.8. The Bertz CT molecular complexity index is 444. The number of aliphatic carboxylic acids is 1. The molecule has 0 aliphatic carbocycles. The van der Waals surface area contributed by atoms with Crippen molar-refractivity contribution >= 4 is 5.97 Å². The molecular weight excluding hydrogens is 266 g/mol. The summed E-state index contributed by atoms with van der Waals surface area (Å²) in [6, 6.07) is 8.70. The number of hydrogen-bond acceptors (Lipinski definition) is 3. The maximum absolute atomic E-state index is 10.7. The van der Waals surface area contributed by atoms with Gasteiger partial charge in [0.05, 0.1) is 7.11 Å². The Labute approximate surface area is 126 Å². The van der Waals surface area contributed by atoms with Crippen LogP contribution in [-0.2, 0) is 4.79 Å². The molecule has 0 aromatic heterocycles. The van der Waals surface area contributed by atoms with Crippen molar-refractivity contribution in [2.45, 2.75) is 44.6 Å². The molecule has 4 nitrogen and oxygen atoms in total. The lowest BCUT2D eigenvalue weighted by molar-refractivity contribution is -0.137. The van der Waals surface area contributed by atoms with E-state index in [1.165, 1.54) is 24.8 Å². The minimum atomic E-state index is -0.703. The average Bonchev–Trinajstić information content (AvgIpc) is 2.72. The zero-order chi connectivity index (χ0) is 15.1. The normalized spacial score (nSPS) is 20.0. The Kier molecular flexibility index (Phi) is 6.05. The number of rotatable bonds is 6. The van der Waals surface area contributed by atoms with Crippen LogP contribution in [0.25, 0.3) is 0 Å². The van der Waals surface area contributed by atoms with Crippen molar-refractivity contribution in [2.24, 2.45) is 0 Å². The second kappa shape index (κ2) is 8.03. The lowest BCUT2D eigenvalue weighted by atomic mass is 10.0. The third-order valence-electron chi connectivity index (χ3n) is 4.20. The van der Waals surface area contributed by atoms with Gasteiger partial charge in [-0.3, -0.25) is 9.69 Å². The first-order chi connectivity index (χ1) is 10.2. The summed E-state index contributed by atoms with van der Waals surface area (Å²) in [5.74, 6) is 0.176. The third kappa shape index (κ3) is 4.74. The topological polar surface area (TPSA) is 49.8 Å². The number of carbonyl (C=O) groups is 1. The van der Waals surface area contributed by atoms with E-state index in [-0.39, 0.29) is 6.42 Å². The van der Waals surface area contributed by atoms with E-state index in [2.05, 4.69) is 17.0 Å². The summed E-state index contributed by atoms with van der Waals surface area (Å²) in [6.07, 6.45) is 5.85. The van der Waals surface area contributed by atoms with Crippen molar-refractivity contribution < 1.29 is 14.6 Å². The summed E-state index contributed by atoms with van der Waals surface area (Å²) in [5, 5.41) is 8.81. The first-order valence-electron chi connectivity index (χ1n) is 7.80. The molecule has 116 valence electrons. The van der Waals surface area contributed by atoms with Crippen LogP contribution in [0.4, 0.5) is 0 Å². The maximum Gasteiger partial charge on any atom is 0.303 e. The number of nitrogens with zero attached hydrogens (tertiary/aromatic N) is 1. The summed E-state index contributed by atoms with van der Waals surface area (Å²) in [4.78, 5) is 13.2. The van der Waals surface area contributed by atoms with Crippen LogP contribution in [0.15, 0.2) is 24.3 Å². The standard InChI is InChI=1S/C17H25NO3/c1-21-15-10-8-14(9-11-15)16-6-3-2-4-12-18(16)13-5-7-17(19)20/h8-11,16H,2-7,12-13H2,1H3,(H,19,20)/t16-/m1/s1. The van der Waals surface area contributed by atoms with E-state index < -0.39 is 5.97 Å². The molecule has 1 aliphatic rings. The predicted octanol–water partition coefficient (Wildman–Crippen LogP) is 3.48. The zero-order valence-electron chi connectivity index (χ0n) is 12.8. The Morgan fingerprint density at radius 2 is 2.05 bits per heavy atom. The fourth-order valence-electron chi connectivity index (χ4n) is 3.07. The van der Waals surface area contributed by atoms with Crippen LogP contribution in [0.5, 0.6) is 5.75 Å². The monoisotopic (exact) mass is 291 g/mol. The van der Waals surface area contributed by atoms with Crippen molar-refractivity contribution in [1.29, 1.82) is 0 Å². The average molecular weight is 291 g/mol. The van der Waals surface area contributed by atoms with Crippen LogP contribution < -0.4 is 4.74 Å². The van der Waals surface area contributed by atoms with E-state index in [9.17, 15) is 4.79 Å². The molecule has 0 saturated carbocycles. The van der Waals surface area contributed by atoms with E-state index in [1.807, 2.05) is 12.1 Å². The Morgan fingerprint density at radius 1 is 1.29 bits per heavy atom. The van der Waals surface area contributed by atoms with Gasteiger partial charge in [-0.25, -0.2) is 0 Å². The van der Waals surface area contributed by atoms with Gasteiger partial charge in [0.2, 0.25) is 0 Å². The highest BCUT2D eigenvalue weighted by Crippen LogP contribution is 2.31. The van der Waals surface area contributed by atoms with E-state index in [1.54, 1.807) is 7.11 Å². The number of carboxylic acid groups (broad SMARTS) is 1. The quantitative estimate of drug-likeness (QED) is 0.872. The van der Waals surface area contributed by atoms with Crippen LogP contribution in [0.3, 0.4) is 0 Å². The summed E-state index contributed by atoms with van der Waals surface area (Å²) in [5.41, 5.74) is 1.31. The van der Waals surface area contributed by atoms with Gasteiger partial charge in [0.15, 0.2) is 0 Å². The lowest BCUT2D eigenvalue weighted by Gasteiger charge is -2.30. The van der Waals surface area contributed by atoms with Gasteiger partial charge >= 0.3 is 5.97 Å². The Hall–Kier alpha value is -1.55. The van der Waals surface area contributed by atoms with Crippen LogP contribution in [0.2, 0.25) is 0 Å². The largest absolute Gasteiger partial charge is 0.497 e. The molecule has 1 saturated heterocycles. The highest BCUT2D eigenvalue weighted by atomic mass is 16.5. The van der Waals surface area contributed by atoms with Crippen molar-refractivity contribution in [3.8, 4) is 5.75 Å². The number of likely N-dealkylation sites (tertiary alicyclic amines) is 1. The van der Waals surface area contributed by atoms with E-state index in [0.29, 0.717) is 6.04 Å². The molecule has 1 heterocycles. The number of hydrogen-bond donors (Lipinski definition) is 1. The number of carboxylic acids is 1. The van der Waals surface area contributed by atoms with Crippen molar-refractivity contribution in [3.05, 3.63) is 29.8 Å². The molecule has 21 heavy (non-hydrogen) atoms. The molecule has 0 amide bonds. The number of benzene rings is 1. The van der Waals surface area contributed by atoms with Crippen molar-refractivity contribution in [1.82, 2.24) is 4.90 Å². The van der Waals surface area contributed by atoms with Gasteiger partial charge in [-0.2, -0.15) is 0 Å². The molecule has 0 spiro atoms. The van der Waals surface area contributed by atoms with Crippen LogP contribution >= 0.6 is 0 Å². The van der Waals surface area contributed by atoms with Gasteiger partial charge < -0.3 is 9.84 Å². The van der Waals surface area contributed by atoms with Crippen molar-refractivity contribution in [2.75, 3.05) is 20.2 Å². The van der Waals surface area contributed by atoms with Crippen LogP contribution in [0, 0.1) is 0 Å². The summed E-state index contributed by atoms with van der Waals surface area (Å²) in [7, 11) is 1.68. The SMILES string of the molecule is COc1ccc([C@H]2CCCCCN2CCCC(=O)O)cc1. The molecule has 1 aromatic carbocycles. The minimum Gasteiger partial charge on any atom is -0.497 e. The third-order valence-corrected chi connectivity index (χ3v) is 4.20. The fourth-order valence-corrected chi connectivity index (χ4v) is 3.07. The molecule has 1 atom stereocenters.